The molecule has 3 heterocycles. The van der Waals surface area contributed by atoms with E-state index in [1.807, 2.05) is 0 Å². The fourth-order valence-electron chi connectivity index (χ4n) is 4.89. The topological polar surface area (TPSA) is 31.1 Å². The highest BCUT2D eigenvalue weighted by atomic mass is 15.1. The molecule has 4 rings (SSSR count). The molecule has 3 nitrogen and oxygen atoms in total. The summed E-state index contributed by atoms with van der Waals surface area (Å²) in [6, 6.07) is 9.30. The lowest BCUT2D eigenvalue weighted by Crippen LogP contribution is -2.34. The third kappa shape index (κ3) is 4.32. The van der Waals surface area contributed by atoms with Gasteiger partial charge in [0, 0.05) is 22.6 Å². The Balaban J connectivity index is 1.39. The molecular formula is C23H35N3. The number of H-pyrrole nitrogens is 1. The summed E-state index contributed by atoms with van der Waals surface area (Å²) in [6.45, 7) is 4.94. The zero-order valence-corrected chi connectivity index (χ0v) is 16.2. The molecule has 142 valence electrons. The summed E-state index contributed by atoms with van der Waals surface area (Å²) in [5, 5.41) is 5.21. The van der Waals surface area contributed by atoms with Gasteiger partial charge in [0.05, 0.1) is 0 Å². The van der Waals surface area contributed by atoms with E-state index >= 15 is 0 Å². The molecule has 0 bridgehead atoms. The maximum absolute atomic E-state index is 3.78. The molecule has 0 amide bonds. The van der Waals surface area contributed by atoms with Gasteiger partial charge in [-0.1, -0.05) is 56.7 Å². The predicted octanol–water partition coefficient (Wildman–Crippen LogP) is 5.18. The minimum atomic E-state index is 0.490. The van der Waals surface area contributed by atoms with Crippen molar-refractivity contribution in [1.82, 2.24) is 15.2 Å². The molecule has 0 saturated carbocycles. The number of hydrogen-bond donors (Lipinski definition) is 2. The molecular weight excluding hydrogens is 318 g/mol. The van der Waals surface area contributed by atoms with Crippen molar-refractivity contribution in [2.24, 2.45) is 0 Å². The van der Waals surface area contributed by atoms with Crippen molar-refractivity contribution in [3.8, 4) is 0 Å². The van der Waals surface area contributed by atoms with Gasteiger partial charge < -0.3 is 15.2 Å². The van der Waals surface area contributed by atoms with E-state index in [1.54, 1.807) is 5.56 Å². The van der Waals surface area contributed by atoms with Crippen LogP contribution in [0, 0.1) is 0 Å². The number of benzene rings is 1. The Morgan fingerprint density at radius 1 is 0.885 bits per heavy atom. The third-order valence-electron chi connectivity index (χ3n) is 6.39. The summed E-state index contributed by atoms with van der Waals surface area (Å²) in [4.78, 5) is 6.46. The van der Waals surface area contributed by atoms with Gasteiger partial charge in [0.1, 0.15) is 0 Å². The van der Waals surface area contributed by atoms with E-state index in [9.17, 15) is 0 Å². The number of aromatic amines is 1. The maximum atomic E-state index is 3.78. The number of nitrogens with zero attached hydrogens (tertiary/aromatic N) is 1. The van der Waals surface area contributed by atoms with Crippen LogP contribution < -0.4 is 5.32 Å². The van der Waals surface area contributed by atoms with Gasteiger partial charge in [0.2, 0.25) is 0 Å². The number of aromatic nitrogens is 1. The lowest BCUT2D eigenvalue weighted by molar-refractivity contribution is 0.245. The van der Waals surface area contributed by atoms with Gasteiger partial charge in [-0.05, 0) is 63.5 Å². The first-order valence-corrected chi connectivity index (χ1v) is 11.0. The number of hydrogen-bond acceptors (Lipinski definition) is 2. The second-order valence-electron chi connectivity index (χ2n) is 8.28. The molecule has 2 aliphatic heterocycles. The van der Waals surface area contributed by atoms with Gasteiger partial charge in [-0.3, -0.25) is 0 Å². The van der Waals surface area contributed by atoms with E-state index < -0.39 is 0 Å². The Morgan fingerprint density at radius 2 is 1.58 bits per heavy atom. The molecule has 0 aliphatic carbocycles. The minimum absolute atomic E-state index is 0.490. The van der Waals surface area contributed by atoms with Gasteiger partial charge in [0.15, 0.2) is 0 Å². The van der Waals surface area contributed by atoms with Crippen molar-refractivity contribution in [2.75, 3.05) is 26.2 Å². The second kappa shape index (κ2) is 9.05. The Bertz CT molecular complexity index is 678. The summed E-state index contributed by atoms with van der Waals surface area (Å²) in [5.41, 5.74) is 4.32. The highest BCUT2D eigenvalue weighted by Crippen LogP contribution is 2.31. The molecule has 2 N–H and O–H groups in total. The molecule has 2 aromatic rings. The average Bonchev–Trinajstić information content (AvgIpc) is 3.03. The molecule has 2 aliphatic rings. The Morgan fingerprint density at radius 3 is 2.35 bits per heavy atom. The first-order chi connectivity index (χ1) is 12.9. The normalized spacial score (nSPS) is 23.5. The van der Waals surface area contributed by atoms with Crippen molar-refractivity contribution in [1.29, 1.82) is 0 Å². The average molecular weight is 354 g/mol. The number of rotatable bonds is 3. The fourth-order valence-corrected chi connectivity index (χ4v) is 4.89. The van der Waals surface area contributed by atoms with Crippen molar-refractivity contribution in [3.63, 3.8) is 0 Å². The molecule has 1 saturated heterocycles. The van der Waals surface area contributed by atoms with Crippen LogP contribution in [0.5, 0.6) is 0 Å². The van der Waals surface area contributed by atoms with Crippen molar-refractivity contribution >= 4 is 10.9 Å². The standard InChI is InChI=1S/C23H35N3/c1-2-4-6-10-17-26(16-9-5-3-1)18-14-22-23-20(13-15-24-22)19-11-7-8-12-21(19)25-23/h7-8,11-12,22,24-25H,1-6,9-10,13-18H2. The van der Waals surface area contributed by atoms with Gasteiger partial charge in [-0.15, -0.1) is 0 Å². The van der Waals surface area contributed by atoms with Gasteiger partial charge in [-0.25, -0.2) is 0 Å². The molecule has 0 spiro atoms. The van der Waals surface area contributed by atoms with Crippen molar-refractivity contribution in [2.45, 2.75) is 70.3 Å². The minimum Gasteiger partial charge on any atom is -0.357 e. The molecule has 26 heavy (non-hydrogen) atoms. The number of nitrogens with one attached hydrogen (secondary N) is 2. The highest BCUT2D eigenvalue weighted by molar-refractivity contribution is 5.85. The summed E-state index contributed by atoms with van der Waals surface area (Å²) in [7, 11) is 0. The molecule has 1 unspecified atom stereocenters. The van der Waals surface area contributed by atoms with Crippen LogP contribution in [0.3, 0.4) is 0 Å². The van der Waals surface area contributed by atoms with Crippen LogP contribution in [-0.4, -0.2) is 36.1 Å². The summed E-state index contributed by atoms with van der Waals surface area (Å²) in [5.74, 6) is 0. The maximum Gasteiger partial charge on any atom is 0.0488 e. The number of para-hydroxylation sites is 1. The lowest BCUT2D eigenvalue weighted by Gasteiger charge is -2.28. The molecule has 1 aromatic carbocycles. The van der Waals surface area contributed by atoms with Crippen LogP contribution in [-0.2, 0) is 6.42 Å². The number of fused-ring (bicyclic) bond motifs is 3. The van der Waals surface area contributed by atoms with Gasteiger partial charge in [-0.2, -0.15) is 0 Å². The van der Waals surface area contributed by atoms with E-state index in [0.717, 1.165) is 13.0 Å². The molecule has 1 atom stereocenters. The zero-order chi connectivity index (χ0) is 17.6. The molecule has 1 fully saturated rings. The van der Waals surface area contributed by atoms with Crippen LogP contribution in [0.25, 0.3) is 10.9 Å². The second-order valence-corrected chi connectivity index (χ2v) is 8.28. The quantitative estimate of drug-likeness (QED) is 0.796. The van der Waals surface area contributed by atoms with Crippen LogP contribution >= 0.6 is 0 Å². The largest absolute Gasteiger partial charge is 0.357 e. The van der Waals surface area contributed by atoms with Crippen LogP contribution in [0.1, 0.15) is 75.1 Å². The smallest absolute Gasteiger partial charge is 0.0488 e. The highest BCUT2D eigenvalue weighted by Gasteiger charge is 2.24. The van der Waals surface area contributed by atoms with Crippen LogP contribution in [0.4, 0.5) is 0 Å². The summed E-state index contributed by atoms with van der Waals surface area (Å²) < 4.78 is 0. The molecule has 3 heteroatoms. The molecule has 1 aromatic heterocycles. The first-order valence-electron chi connectivity index (χ1n) is 11.0. The summed E-state index contributed by atoms with van der Waals surface area (Å²) >= 11 is 0. The third-order valence-corrected chi connectivity index (χ3v) is 6.39. The van der Waals surface area contributed by atoms with E-state index in [0.29, 0.717) is 6.04 Å². The van der Waals surface area contributed by atoms with E-state index in [1.165, 1.54) is 94.0 Å². The fraction of sp³-hybridized carbons (Fsp3) is 0.652. The molecule has 0 radical (unpaired) electrons. The van der Waals surface area contributed by atoms with Crippen LogP contribution in [0.2, 0.25) is 0 Å². The van der Waals surface area contributed by atoms with E-state index in [4.69, 9.17) is 0 Å². The lowest BCUT2D eigenvalue weighted by atomic mass is 9.97. The summed E-state index contributed by atoms with van der Waals surface area (Å²) in [6.07, 6.45) is 13.8. The zero-order valence-electron chi connectivity index (χ0n) is 16.2. The van der Waals surface area contributed by atoms with E-state index in [2.05, 4.69) is 39.5 Å². The van der Waals surface area contributed by atoms with Crippen molar-refractivity contribution < 1.29 is 0 Å². The monoisotopic (exact) mass is 353 g/mol. The van der Waals surface area contributed by atoms with E-state index in [-0.39, 0.29) is 0 Å². The van der Waals surface area contributed by atoms with Gasteiger partial charge in [0.25, 0.3) is 0 Å². The first kappa shape index (κ1) is 18.1. The SMILES string of the molecule is c1ccc2c3c([nH]c2c1)C(CCN1CCCCCCCCCC1)NCC3. The van der Waals surface area contributed by atoms with Crippen LogP contribution in [0.15, 0.2) is 24.3 Å². The van der Waals surface area contributed by atoms with Crippen molar-refractivity contribution in [3.05, 3.63) is 35.5 Å². The predicted molar refractivity (Wildman–Crippen MR) is 111 cm³/mol. The van der Waals surface area contributed by atoms with Gasteiger partial charge >= 0.3 is 0 Å². The Kier molecular flexibility index (Phi) is 6.29. The Labute approximate surface area is 158 Å². The Hall–Kier alpha value is -1.32.